The predicted molar refractivity (Wildman–Crippen MR) is 162 cm³/mol. The Bertz CT molecular complexity index is 1290. The van der Waals surface area contributed by atoms with Gasteiger partial charge in [-0.2, -0.15) is 4.98 Å². The molecular formula is C33H51N3O9. The van der Waals surface area contributed by atoms with Gasteiger partial charge in [0.05, 0.1) is 18.8 Å². The van der Waals surface area contributed by atoms with Crippen LogP contribution in [0.2, 0.25) is 0 Å². The molecule has 252 valence electrons. The molecule has 0 radical (unpaired) electrons. The minimum Gasteiger partial charge on any atom is -0.394 e. The lowest BCUT2D eigenvalue weighted by Crippen LogP contribution is -2.58. The molecule has 1 aliphatic heterocycles. The summed E-state index contributed by atoms with van der Waals surface area (Å²) in [7, 11) is 0. The van der Waals surface area contributed by atoms with E-state index in [-0.39, 0.29) is 41.2 Å². The summed E-state index contributed by atoms with van der Waals surface area (Å²) in [6.07, 6.45) is 4.70. The highest BCUT2D eigenvalue weighted by Gasteiger charge is 2.63. The number of aliphatic hydroxyl groups is 5. The van der Waals surface area contributed by atoms with Crippen LogP contribution in [0.4, 0.5) is 5.82 Å². The molecular weight excluding hydrogens is 582 g/mol. The smallest absolute Gasteiger partial charge is 0.351 e. The molecule has 0 spiro atoms. The van der Waals surface area contributed by atoms with Crippen LogP contribution in [0.25, 0.3) is 0 Å². The molecule has 4 saturated carbocycles. The maximum Gasteiger partial charge on any atom is 0.351 e. The fourth-order valence-corrected chi connectivity index (χ4v) is 10.6. The molecule has 0 amide bonds. The summed E-state index contributed by atoms with van der Waals surface area (Å²) < 4.78 is 6.38. The first-order valence-corrected chi connectivity index (χ1v) is 16.9. The number of carbonyl (C=O) groups excluding carboxylic acids is 1. The molecule has 6 rings (SSSR count). The molecule has 45 heavy (non-hydrogen) atoms. The number of rotatable bonds is 8. The highest BCUT2D eigenvalue weighted by atomic mass is 16.7. The van der Waals surface area contributed by atoms with Gasteiger partial charge in [0.15, 0.2) is 12.0 Å². The van der Waals surface area contributed by atoms with Gasteiger partial charge in [-0.15, -0.1) is 0 Å². The third-order valence-corrected chi connectivity index (χ3v) is 13.2. The third-order valence-electron chi connectivity index (χ3n) is 13.2. The van der Waals surface area contributed by atoms with Gasteiger partial charge in [0.25, 0.3) is 0 Å². The second kappa shape index (κ2) is 12.5. The number of ether oxygens (including phenoxy) is 1. The Balaban J connectivity index is 1.03. The number of nitrogens with one attached hydrogen (secondary N) is 1. The summed E-state index contributed by atoms with van der Waals surface area (Å²) in [5.74, 6) is 2.18. The van der Waals surface area contributed by atoms with Crippen molar-refractivity contribution >= 4 is 11.8 Å². The van der Waals surface area contributed by atoms with Crippen LogP contribution in [0.3, 0.4) is 0 Å². The molecule has 12 nitrogen and oxygen atoms in total. The van der Waals surface area contributed by atoms with E-state index in [2.05, 4.69) is 31.2 Å². The van der Waals surface area contributed by atoms with Crippen LogP contribution in [0.1, 0.15) is 91.2 Å². The summed E-state index contributed by atoms with van der Waals surface area (Å²) >= 11 is 0. The number of anilines is 1. The second-order valence-corrected chi connectivity index (χ2v) is 15.2. The third kappa shape index (κ3) is 5.63. The number of fused-ring (bicyclic) bond motifs is 5. The van der Waals surface area contributed by atoms with Crippen molar-refractivity contribution < 1.29 is 39.9 Å². The highest BCUT2D eigenvalue weighted by molar-refractivity contribution is 5.70. The quantitative estimate of drug-likeness (QED) is 0.231. The van der Waals surface area contributed by atoms with Gasteiger partial charge in [0, 0.05) is 18.7 Å². The molecule has 5 fully saturated rings. The Kier molecular flexibility index (Phi) is 9.12. The summed E-state index contributed by atoms with van der Waals surface area (Å²) in [5.41, 5.74) is 1.66. The standard InChI is InChI=1S/C33H51N3O9/c1-17(4-9-27(40)45-35-26-11-13-36(31(43)34-26)30-29(42)28(41)24(16-37)44-30)21-7-8-22-20-6-5-18-14-19(38)10-12-32(18,2)23(20)15-25(39)33(21,22)3/h11,13,17-25,28-30,37-39,41-42H,4-10,12,14-16H2,1-3H3,(H,34,35,43)/t17-,18-,19-,20+,21-,22+,23+,24-,25+,28+,29+,30-,32+,33-/m1/s1. The molecule has 4 aliphatic carbocycles. The average molecular weight is 634 g/mol. The Hall–Kier alpha value is -2.09. The van der Waals surface area contributed by atoms with Crippen molar-refractivity contribution in [3.05, 3.63) is 22.7 Å². The fraction of sp³-hybridized carbons (Fsp3) is 0.848. The maximum atomic E-state index is 12.7. The minimum absolute atomic E-state index is 0.00584. The molecule has 6 N–H and O–H groups in total. The Morgan fingerprint density at radius 1 is 1.11 bits per heavy atom. The van der Waals surface area contributed by atoms with E-state index in [1.54, 1.807) is 0 Å². The van der Waals surface area contributed by atoms with Crippen molar-refractivity contribution in [2.75, 3.05) is 12.1 Å². The molecule has 1 aromatic rings. The number of aliphatic hydroxyl groups excluding tert-OH is 5. The van der Waals surface area contributed by atoms with Crippen molar-refractivity contribution in [2.24, 2.45) is 46.3 Å². The molecule has 1 aromatic heterocycles. The van der Waals surface area contributed by atoms with Crippen LogP contribution < -0.4 is 11.2 Å². The topological polar surface area (TPSA) is 184 Å². The van der Waals surface area contributed by atoms with E-state index in [9.17, 15) is 35.1 Å². The predicted octanol–water partition coefficient (Wildman–Crippen LogP) is 2.13. The fourth-order valence-electron chi connectivity index (χ4n) is 10.6. The van der Waals surface area contributed by atoms with Crippen LogP contribution in [0, 0.1) is 46.3 Å². The second-order valence-electron chi connectivity index (χ2n) is 15.2. The zero-order valence-corrected chi connectivity index (χ0v) is 26.6. The van der Waals surface area contributed by atoms with E-state index >= 15 is 0 Å². The number of aromatic nitrogens is 2. The first-order chi connectivity index (χ1) is 21.4. The lowest BCUT2D eigenvalue weighted by molar-refractivity contribution is -0.175. The van der Waals surface area contributed by atoms with Crippen LogP contribution >= 0.6 is 0 Å². The molecule has 5 aliphatic rings. The average Bonchev–Trinajstić information content (AvgIpc) is 3.52. The van der Waals surface area contributed by atoms with Crippen LogP contribution in [-0.4, -0.2) is 78.2 Å². The molecule has 1 saturated heterocycles. The van der Waals surface area contributed by atoms with Crippen LogP contribution in [0.5, 0.6) is 0 Å². The molecule has 0 bridgehead atoms. The van der Waals surface area contributed by atoms with Gasteiger partial charge in [-0.3, -0.25) is 4.57 Å². The lowest BCUT2D eigenvalue weighted by Gasteiger charge is -2.62. The van der Waals surface area contributed by atoms with Crippen molar-refractivity contribution in [3.8, 4) is 0 Å². The van der Waals surface area contributed by atoms with Gasteiger partial charge in [0.2, 0.25) is 0 Å². The van der Waals surface area contributed by atoms with Gasteiger partial charge in [-0.25, -0.2) is 15.1 Å². The van der Waals surface area contributed by atoms with Gasteiger partial charge in [-0.05, 0) is 104 Å². The van der Waals surface area contributed by atoms with E-state index in [0.29, 0.717) is 36.0 Å². The number of nitrogens with zero attached hydrogens (tertiary/aromatic N) is 2. The zero-order chi connectivity index (χ0) is 32.3. The van der Waals surface area contributed by atoms with E-state index in [4.69, 9.17) is 9.57 Å². The SMILES string of the molecule is C[C@H](CCC(=O)ONc1ccn([C@@H]2O[C@H](CO)[C@H](O)[C@@H]2O)c(=O)n1)[C@H]1CC[C@H]2[C@@H]3CC[C@@H]4C[C@H](O)CC[C@]4(C)[C@H]3C[C@H](O)[C@]12C. The van der Waals surface area contributed by atoms with E-state index in [1.165, 1.54) is 25.1 Å². The van der Waals surface area contributed by atoms with Gasteiger partial charge in [0.1, 0.15) is 18.3 Å². The zero-order valence-electron chi connectivity index (χ0n) is 26.6. The van der Waals surface area contributed by atoms with E-state index in [1.807, 2.05) is 0 Å². The first kappa shape index (κ1) is 32.8. The Morgan fingerprint density at radius 2 is 1.89 bits per heavy atom. The van der Waals surface area contributed by atoms with Crippen molar-refractivity contribution in [1.29, 1.82) is 0 Å². The minimum atomic E-state index is -1.42. The highest BCUT2D eigenvalue weighted by Crippen LogP contribution is 2.68. The Morgan fingerprint density at radius 3 is 2.60 bits per heavy atom. The summed E-state index contributed by atoms with van der Waals surface area (Å²) in [5, 5.41) is 51.6. The molecule has 14 atom stereocenters. The summed E-state index contributed by atoms with van der Waals surface area (Å²) in [6, 6.07) is 1.38. The van der Waals surface area contributed by atoms with Gasteiger partial charge in [-0.1, -0.05) is 20.8 Å². The number of carbonyl (C=O) groups is 1. The number of hydrogen-bond acceptors (Lipinski definition) is 11. The number of hydrogen-bond donors (Lipinski definition) is 6. The largest absolute Gasteiger partial charge is 0.394 e. The maximum absolute atomic E-state index is 12.7. The summed E-state index contributed by atoms with van der Waals surface area (Å²) in [6.45, 7) is 6.38. The molecule has 2 heterocycles. The normalized spacial score (nSPS) is 44.8. The summed E-state index contributed by atoms with van der Waals surface area (Å²) in [4.78, 5) is 34.3. The van der Waals surface area contributed by atoms with Crippen LogP contribution in [-0.2, 0) is 14.4 Å². The van der Waals surface area contributed by atoms with Gasteiger partial charge >= 0.3 is 11.7 Å². The molecule has 12 heteroatoms. The van der Waals surface area contributed by atoms with Crippen molar-refractivity contribution in [1.82, 2.24) is 9.55 Å². The van der Waals surface area contributed by atoms with Crippen molar-refractivity contribution in [3.63, 3.8) is 0 Å². The Labute approximate surface area is 264 Å². The van der Waals surface area contributed by atoms with Gasteiger partial charge < -0.3 is 35.1 Å². The van der Waals surface area contributed by atoms with E-state index < -0.39 is 42.8 Å². The van der Waals surface area contributed by atoms with Crippen LogP contribution in [0.15, 0.2) is 17.1 Å². The first-order valence-electron chi connectivity index (χ1n) is 16.9. The molecule has 0 aromatic carbocycles. The van der Waals surface area contributed by atoms with Crippen molar-refractivity contribution in [2.45, 2.75) is 122 Å². The molecule has 0 unspecified atom stereocenters. The monoisotopic (exact) mass is 633 g/mol. The van der Waals surface area contributed by atoms with E-state index in [0.717, 1.165) is 43.1 Å². The lowest BCUT2D eigenvalue weighted by atomic mass is 9.43.